The van der Waals surface area contributed by atoms with Gasteiger partial charge in [0, 0.05) is 0 Å². The van der Waals surface area contributed by atoms with Gasteiger partial charge in [-0.1, -0.05) is 0 Å². The van der Waals surface area contributed by atoms with Gasteiger partial charge in [-0.25, -0.2) is 0 Å². The van der Waals surface area contributed by atoms with Gasteiger partial charge in [0.15, 0.2) is 0 Å². The quantitative estimate of drug-likeness (QED) is 0.198. The summed E-state index contributed by atoms with van der Waals surface area (Å²) in [6.45, 7) is 0.166. The van der Waals surface area contributed by atoms with Gasteiger partial charge in [-0.05, 0) is 0 Å². The Labute approximate surface area is 281 Å². The Morgan fingerprint density at radius 3 is 2.32 bits per heavy atom. The number of hydrogen-bond acceptors (Lipinski definition) is 2. The van der Waals surface area contributed by atoms with Gasteiger partial charge in [0.1, 0.15) is 0 Å². The zero-order valence-corrected chi connectivity index (χ0v) is 27.6. The van der Waals surface area contributed by atoms with E-state index in [0.717, 1.165) is 30.0 Å². The molecule has 7 aromatic rings. The van der Waals surface area contributed by atoms with Crippen LogP contribution in [-0.4, -0.2) is 26.2 Å². The van der Waals surface area contributed by atoms with Crippen molar-refractivity contribution in [1.29, 1.82) is 0 Å². The van der Waals surface area contributed by atoms with Crippen molar-refractivity contribution in [3.05, 3.63) is 151 Å². The topological polar surface area (TPSA) is 17.4 Å². The van der Waals surface area contributed by atoms with Crippen LogP contribution in [-0.2, 0) is 12.8 Å². The predicted octanol–water partition coefficient (Wildman–Crippen LogP) is 6.57. The molecule has 0 fully saturated rings. The van der Waals surface area contributed by atoms with E-state index in [0.29, 0.717) is 0 Å². The van der Waals surface area contributed by atoms with Crippen molar-refractivity contribution in [2.24, 2.45) is 0 Å². The van der Waals surface area contributed by atoms with Gasteiger partial charge in [0.05, 0.1) is 0 Å². The molecule has 1 aromatic heterocycles. The molecule has 0 amide bonds. The van der Waals surface area contributed by atoms with Crippen LogP contribution in [0.2, 0.25) is 0 Å². The molecule has 10 rings (SSSR count). The van der Waals surface area contributed by atoms with E-state index >= 15 is 0 Å². The van der Waals surface area contributed by atoms with Gasteiger partial charge in [-0.3, -0.25) is 0 Å². The monoisotopic (exact) mass is 670 g/mol. The second-order valence-corrected chi connectivity index (χ2v) is 15.0. The van der Waals surface area contributed by atoms with Gasteiger partial charge in [-0.2, -0.15) is 0 Å². The zero-order chi connectivity index (χ0) is 30.9. The number of para-hydroxylation sites is 4. The van der Waals surface area contributed by atoms with Crippen molar-refractivity contribution in [2.75, 3.05) is 4.90 Å². The first-order chi connectivity index (χ1) is 23.3. The third kappa shape index (κ3) is 4.20. The molecule has 0 spiro atoms. The van der Waals surface area contributed by atoms with E-state index in [9.17, 15) is 0 Å². The van der Waals surface area contributed by atoms with Crippen molar-refractivity contribution in [3.63, 3.8) is 0 Å². The van der Waals surface area contributed by atoms with Crippen LogP contribution < -0.4 is 34.9 Å². The number of hydrogen-bond donors (Lipinski definition) is 0. The molecular weight excluding hydrogens is 638 g/mol. The standard InChI is InChI=1S/C42H31BN2OSe/c1-2-13-29(14-3-1)46-39-22-10-9-20-37(39)45-36-26-25-28(44-34-18-7-4-15-30(34)31-16-5-8-19-35(31)44)27-33(36)43-32-17-6-11-23-40(32)47-41-24-12-21-38(45)42(41)43/h1-4,6-7,9-15,17-18,20-27H,5,8,16,19H2. The van der Waals surface area contributed by atoms with E-state index in [1.807, 2.05) is 30.3 Å². The minimum absolute atomic E-state index is 0.166. The van der Waals surface area contributed by atoms with Gasteiger partial charge in [0.2, 0.25) is 0 Å². The first-order valence-electron chi connectivity index (χ1n) is 16.6. The van der Waals surface area contributed by atoms with Crippen LogP contribution in [0, 0.1) is 0 Å². The average Bonchev–Trinajstić information content (AvgIpc) is 3.47. The molecule has 0 unspecified atom stereocenters. The molecule has 0 radical (unpaired) electrons. The number of rotatable bonds is 4. The first kappa shape index (κ1) is 27.2. The van der Waals surface area contributed by atoms with Gasteiger partial charge >= 0.3 is 283 Å². The van der Waals surface area contributed by atoms with Crippen LogP contribution in [0.5, 0.6) is 11.5 Å². The summed E-state index contributed by atoms with van der Waals surface area (Å²) in [4.78, 5) is 2.46. The summed E-state index contributed by atoms with van der Waals surface area (Å²) in [5.74, 6) is 1.68. The van der Waals surface area contributed by atoms with Crippen LogP contribution in [0.15, 0.2) is 140 Å². The number of ether oxygens (including phenoxy) is 1. The van der Waals surface area contributed by atoms with Crippen molar-refractivity contribution >= 4 is 74.9 Å². The number of aryl methyl sites for hydroxylation is 1. The van der Waals surface area contributed by atoms with Crippen LogP contribution in [0.25, 0.3) is 16.6 Å². The Kier molecular flexibility index (Phi) is 6.25. The Morgan fingerprint density at radius 2 is 1.36 bits per heavy atom. The zero-order valence-electron chi connectivity index (χ0n) is 25.9. The molecule has 3 heterocycles. The molecule has 224 valence electrons. The molecule has 0 N–H and O–H groups in total. The van der Waals surface area contributed by atoms with Crippen LogP contribution in [0.1, 0.15) is 24.1 Å². The second kappa shape index (κ2) is 10.8. The summed E-state index contributed by atoms with van der Waals surface area (Å²) in [6.07, 6.45) is 4.80. The molecule has 3 nitrogen and oxygen atoms in total. The van der Waals surface area contributed by atoms with E-state index < -0.39 is 0 Å². The third-order valence-corrected chi connectivity index (χ3v) is 12.5. The summed E-state index contributed by atoms with van der Waals surface area (Å²) < 4.78 is 12.1. The molecular formula is C42H31BN2OSe. The normalized spacial score (nSPS) is 14.3. The molecule has 0 atom stereocenters. The SMILES string of the molecule is c1ccc(Oc2ccccc2N2c3ccc(-n4c5c(c6ccccc64)CCCC5)cc3B3c4ccccc4[Se]c4cccc2c43)cc1. The number of nitrogens with zero attached hydrogens (tertiary/aromatic N) is 2. The molecule has 0 bridgehead atoms. The number of aromatic nitrogens is 1. The molecule has 0 saturated heterocycles. The second-order valence-electron chi connectivity index (χ2n) is 12.7. The maximum atomic E-state index is 6.60. The van der Waals surface area contributed by atoms with Gasteiger partial charge in [0.25, 0.3) is 0 Å². The fraction of sp³-hybridized carbons (Fsp3) is 0.0952. The van der Waals surface area contributed by atoms with Crippen LogP contribution in [0.3, 0.4) is 0 Å². The van der Waals surface area contributed by atoms with Gasteiger partial charge < -0.3 is 0 Å². The fourth-order valence-electron chi connectivity index (χ4n) is 8.15. The summed E-state index contributed by atoms with van der Waals surface area (Å²) in [6, 6.07) is 50.9. The van der Waals surface area contributed by atoms with E-state index in [4.69, 9.17) is 4.74 Å². The Balaban J connectivity index is 1.24. The first-order valence-corrected chi connectivity index (χ1v) is 18.3. The Hall–Kier alpha value is -4.96. The predicted molar refractivity (Wildman–Crippen MR) is 197 cm³/mol. The summed E-state index contributed by atoms with van der Waals surface area (Å²) in [5, 5.41) is 1.41. The van der Waals surface area contributed by atoms with Crippen molar-refractivity contribution in [1.82, 2.24) is 4.57 Å². The summed E-state index contributed by atoms with van der Waals surface area (Å²) in [7, 11) is 0. The molecule has 47 heavy (non-hydrogen) atoms. The summed E-state index contributed by atoms with van der Waals surface area (Å²) >= 11 is 0.231. The van der Waals surface area contributed by atoms with Crippen LogP contribution >= 0.6 is 0 Å². The Morgan fingerprint density at radius 1 is 0.596 bits per heavy atom. The minimum atomic E-state index is 0.166. The van der Waals surface area contributed by atoms with Crippen molar-refractivity contribution in [2.45, 2.75) is 25.7 Å². The molecule has 5 heteroatoms. The maximum absolute atomic E-state index is 6.60. The molecule has 1 aliphatic carbocycles. The van der Waals surface area contributed by atoms with E-state index in [2.05, 4.69) is 119 Å². The van der Waals surface area contributed by atoms with Crippen molar-refractivity contribution < 1.29 is 4.74 Å². The number of anilines is 3. The number of fused-ring (bicyclic) bond motifs is 7. The number of benzene rings is 6. The molecule has 6 aromatic carbocycles. The average molecular weight is 669 g/mol. The fourth-order valence-corrected chi connectivity index (χ4v) is 10.6. The third-order valence-electron chi connectivity index (χ3n) is 10.1. The molecule has 0 saturated carbocycles. The molecule has 3 aliphatic rings. The van der Waals surface area contributed by atoms with E-state index in [1.165, 1.54) is 77.4 Å². The van der Waals surface area contributed by atoms with Crippen molar-refractivity contribution in [3.8, 4) is 17.2 Å². The van der Waals surface area contributed by atoms with E-state index in [-0.39, 0.29) is 21.7 Å². The summed E-state index contributed by atoms with van der Waals surface area (Å²) in [5.41, 5.74) is 13.3. The van der Waals surface area contributed by atoms with Crippen LogP contribution in [0.4, 0.5) is 17.1 Å². The Bertz CT molecular complexity index is 2350. The molecule has 2 aliphatic heterocycles. The van der Waals surface area contributed by atoms with E-state index in [1.54, 1.807) is 0 Å². The van der Waals surface area contributed by atoms with Gasteiger partial charge in [-0.15, -0.1) is 0 Å².